The van der Waals surface area contributed by atoms with Crippen molar-refractivity contribution in [3.63, 3.8) is 0 Å². The van der Waals surface area contributed by atoms with Gasteiger partial charge in [-0.2, -0.15) is 5.10 Å². The molecular weight excluding hydrogens is 324 g/mol. The molecule has 23 heavy (non-hydrogen) atoms. The Hall–Kier alpha value is -1.47. The summed E-state index contributed by atoms with van der Waals surface area (Å²) in [7, 11) is 0. The first kappa shape index (κ1) is 16.4. The van der Waals surface area contributed by atoms with E-state index in [1.54, 1.807) is 4.52 Å². The molecule has 126 valence electrons. The van der Waals surface area contributed by atoms with E-state index in [1.807, 2.05) is 13.0 Å². The van der Waals surface area contributed by atoms with Gasteiger partial charge in [0.1, 0.15) is 17.0 Å². The first-order valence-electron chi connectivity index (χ1n) is 7.70. The van der Waals surface area contributed by atoms with Gasteiger partial charge in [0.2, 0.25) is 0 Å². The number of fused-ring (bicyclic) bond motifs is 1. The van der Waals surface area contributed by atoms with E-state index in [2.05, 4.69) is 20.3 Å². The molecule has 2 aromatic rings. The maximum Gasteiger partial charge on any atom is 0.257 e. The lowest BCUT2D eigenvalue weighted by Crippen LogP contribution is -2.45. The number of rotatable bonds is 4. The number of hydrogen-bond donors (Lipinski definition) is 1. The zero-order valence-corrected chi connectivity index (χ0v) is 13.9. The molecule has 1 N–H and O–H groups in total. The average molecular weight is 344 g/mol. The lowest BCUT2D eigenvalue weighted by atomic mass is 10.0. The molecule has 2 aromatic heterocycles. The van der Waals surface area contributed by atoms with Gasteiger partial charge in [0, 0.05) is 26.1 Å². The SMILES string of the molecule is Cc1cc(Cl)n2ncnc(N3CCC(NCC(C)(F)F)CC3)c12. The van der Waals surface area contributed by atoms with Gasteiger partial charge in [-0.1, -0.05) is 11.6 Å². The van der Waals surface area contributed by atoms with Crippen molar-refractivity contribution in [2.45, 2.75) is 38.7 Å². The highest BCUT2D eigenvalue weighted by Gasteiger charge is 2.26. The minimum absolute atomic E-state index is 0.117. The molecule has 0 bridgehead atoms. The second kappa shape index (κ2) is 6.20. The van der Waals surface area contributed by atoms with E-state index >= 15 is 0 Å². The molecule has 0 unspecified atom stereocenters. The van der Waals surface area contributed by atoms with Crippen LogP contribution >= 0.6 is 11.6 Å². The van der Waals surface area contributed by atoms with Crippen LogP contribution in [0.5, 0.6) is 0 Å². The summed E-state index contributed by atoms with van der Waals surface area (Å²) in [6.07, 6.45) is 3.11. The molecule has 3 rings (SSSR count). The van der Waals surface area contributed by atoms with E-state index in [9.17, 15) is 8.78 Å². The monoisotopic (exact) mass is 343 g/mol. The number of nitrogens with one attached hydrogen (secondary N) is 1. The van der Waals surface area contributed by atoms with Gasteiger partial charge >= 0.3 is 0 Å². The molecule has 0 radical (unpaired) electrons. The quantitative estimate of drug-likeness (QED) is 0.927. The first-order valence-corrected chi connectivity index (χ1v) is 8.08. The molecule has 0 saturated carbocycles. The molecule has 0 amide bonds. The molecule has 3 heterocycles. The summed E-state index contributed by atoms with van der Waals surface area (Å²) in [5, 5.41) is 7.69. The van der Waals surface area contributed by atoms with Crippen molar-refractivity contribution in [2.75, 3.05) is 24.5 Å². The van der Waals surface area contributed by atoms with E-state index in [1.165, 1.54) is 6.33 Å². The second-order valence-electron chi connectivity index (χ2n) is 6.21. The van der Waals surface area contributed by atoms with E-state index in [0.29, 0.717) is 5.15 Å². The molecule has 1 aliphatic rings. The summed E-state index contributed by atoms with van der Waals surface area (Å²) in [6.45, 7) is 4.17. The molecule has 1 saturated heterocycles. The maximum atomic E-state index is 12.9. The lowest BCUT2D eigenvalue weighted by Gasteiger charge is -2.34. The van der Waals surface area contributed by atoms with Gasteiger partial charge in [0.25, 0.3) is 5.92 Å². The standard InChI is InChI=1S/C15H20ClF2N5/c1-10-7-12(16)23-13(10)14(20-9-21-23)22-5-3-11(4-6-22)19-8-15(2,17)18/h7,9,11,19H,3-6,8H2,1-2H3. The highest BCUT2D eigenvalue weighted by molar-refractivity contribution is 6.30. The zero-order valence-electron chi connectivity index (χ0n) is 13.2. The third-order valence-electron chi connectivity index (χ3n) is 4.18. The Morgan fingerprint density at radius 2 is 2.09 bits per heavy atom. The highest BCUT2D eigenvalue weighted by atomic mass is 35.5. The van der Waals surface area contributed by atoms with Crippen molar-refractivity contribution in [2.24, 2.45) is 0 Å². The van der Waals surface area contributed by atoms with Crippen LogP contribution in [0.1, 0.15) is 25.3 Å². The molecule has 8 heteroatoms. The van der Waals surface area contributed by atoms with Crippen molar-refractivity contribution < 1.29 is 8.78 Å². The molecule has 0 aliphatic carbocycles. The average Bonchev–Trinajstić information content (AvgIpc) is 2.80. The Bertz CT molecular complexity index is 689. The number of alkyl halides is 2. The second-order valence-corrected chi connectivity index (χ2v) is 6.59. The molecule has 0 spiro atoms. The van der Waals surface area contributed by atoms with Crippen LogP contribution in [0.2, 0.25) is 5.15 Å². The maximum absolute atomic E-state index is 12.9. The van der Waals surface area contributed by atoms with Crippen LogP contribution < -0.4 is 10.2 Å². The van der Waals surface area contributed by atoms with Gasteiger partial charge < -0.3 is 10.2 Å². The smallest absolute Gasteiger partial charge is 0.257 e. The van der Waals surface area contributed by atoms with E-state index in [4.69, 9.17) is 11.6 Å². The largest absolute Gasteiger partial charge is 0.355 e. The Labute approximate surface area is 138 Å². The van der Waals surface area contributed by atoms with Crippen LogP contribution in [-0.2, 0) is 0 Å². The van der Waals surface area contributed by atoms with Crippen LogP contribution in [-0.4, -0.2) is 46.2 Å². The molecule has 1 aliphatic heterocycles. The first-order chi connectivity index (χ1) is 10.8. The summed E-state index contributed by atoms with van der Waals surface area (Å²) >= 11 is 6.17. The minimum Gasteiger partial charge on any atom is -0.355 e. The number of piperidine rings is 1. The Morgan fingerprint density at radius 1 is 1.39 bits per heavy atom. The van der Waals surface area contributed by atoms with Crippen LogP contribution in [0.4, 0.5) is 14.6 Å². The third kappa shape index (κ3) is 3.55. The van der Waals surface area contributed by atoms with E-state index < -0.39 is 5.92 Å². The van der Waals surface area contributed by atoms with Crippen LogP contribution in [0.25, 0.3) is 5.52 Å². The fourth-order valence-electron chi connectivity index (χ4n) is 3.01. The van der Waals surface area contributed by atoms with E-state index in [-0.39, 0.29) is 12.6 Å². The molecule has 5 nitrogen and oxygen atoms in total. The molecule has 1 fully saturated rings. The predicted molar refractivity (Wildman–Crippen MR) is 86.6 cm³/mol. The third-order valence-corrected chi connectivity index (χ3v) is 4.45. The molecular formula is C15H20ClF2N5. The Balaban J connectivity index is 1.71. The Morgan fingerprint density at radius 3 is 2.74 bits per heavy atom. The topological polar surface area (TPSA) is 45.5 Å². The summed E-state index contributed by atoms with van der Waals surface area (Å²) in [6, 6.07) is 1.98. The molecule has 0 atom stereocenters. The van der Waals surface area contributed by atoms with Gasteiger partial charge in [-0.3, -0.25) is 0 Å². The number of halogens is 3. The van der Waals surface area contributed by atoms with Crippen molar-refractivity contribution in [3.8, 4) is 0 Å². The van der Waals surface area contributed by atoms with Crippen molar-refractivity contribution in [3.05, 3.63) is 23.1 Å². The number of aromatic nitrogens is 3. The fraction of sp³-hybridized carbons (Fsp3) is 0.600. The van der Waals surface area contributed by atoms with E-state index in [0.717, 1.165) is 49.8 Å². The number of nitrogens with zero attached hydrogens (tertiary/aromatic N) is 4. The van der Waals surface area contributed by atoms with Crippen LogP contribution in [0, 0.1) is 6.92 Å². The van der Waals surface area contributed by atoms with Gasteiger partial charge in [0.05, 0.1) is 6.54 Å². The van der Waals surface area contributed by atoms with Crippen molar-refractivity contribution in [1.82, 2.24) is 19.9 Å². The number of aryl methyl sites for hydroxylation is 1. The van der Waals surface area contributed by atoms with Gasteiger partial charge in [-0.05, 0) is 31.4 Å². The molecule has 0 aromatic carbocycles. The van der Waals surface area contributed by atoms with Gasteiger partial charge in [-0.15, -0.1) is 0 Å². The number of anilines is 1. The van der Waals surface area contributed by atoms with Crippen LogP contribution in [0.3, 0.4) is 0 Å². The van der Waals surface area contributed by atoms with Gasteiger partial charge in [-0.25, -0.2) is 18.3 Å². The zero-order chi connectivity index (χ0) is 16.6. The fourth-order valence-corrected chi connectivity index (χ4v) is 3.30. The minimum atomic E-state index is -2.67. The number of hydrogen-bond acceptors (Lipinski definition) is 4. The Kier molecular flexibility index (Phi) is 4.42. The van der Waals surface area contributed by atoms with Crippen molar-refractivity contribution >= 4 is 22.9 Å². The van der Waals surface area contributed by atoms with Gasteiger partial charge in [0.15, 0.2) is 5.82 Å². The summed E-state index contributed by atoms with van der Waals surface area (Å²) in [5.41, 5.74) is 1.93. The lowest BCUT2D eigenvalue weighted by molar-refractivity contribution is 0.0191. The summed E-state index contributed by atoms with van der Waals surface area (Å²) in [4.78, 5) is 6.58. The summed E-state index contributed by atoms with van der Waals surface area (Å²) < 4.78 is 27.6. The highest BCUT2D eigenvalue weighted by Crippen LogP contribution is 2.28. The predicted octanol–water partition coefficient (Wildman–Crippen LogP) is 2.90. The summed E-state index contributed by atoms with van der Waals surface area (Å²) in [5.74, 6) is -1.82. The normalized spacial score (nSPS) is 17.2. The van der Waals surface area contributed by atoms with Crippen LogP contribution in [0.15, 0.2) is 12.4 Å². The van der Waals surface area contributed by atoms with Crippen molar-refractivity contribution in [1.29, 1.82) is 0 Å².